The molecule has 108 valence electrons. The molecule has 2 aromatic rings. The molecule has 0 aliphatic heterocycles. The van der Waals surface area contributed by atoms with Gasteiger partial charge in [-0.3, -0.25) is 0 Å². The van der Waals surface area contributed by atoms with Gasteiger partial charge in [-0.05, 0) is 64.2 Å². The normalized spacial score (nSPS) is 16.3. The first-order valence-corrected chi connectivity index (χ1v) is 8.85. The molecule has 0 saturated heterocycles. The van der Waals surface area contributed by atoms with Gasteiger partial charge in [0.05, 0.1) is 10.4 Å². The fraction of sp³-hybridized carbons (Fsp3) is 0.500. The van der Waals surface area contributed by atoms with Crippen LogP contribution in [0, 0.1) is 0 Å². The van der Waals surface area contributed by atoms with Crippen molar-refractivity contribution in [1.29, 1.82) is 0 Å². The van der Waals surface area contributed by atoms with Gasteiger partial charge in [0, 0.05) is 4.70 Å². The van der Waals surface area contributed by atoms with Crippen molar-refractivity contribution in [3.63, 3.8) is 0 Å². The second-order valence-corrected chi connectivity index (χ2v) is 7.64. The molecule has 4 heteroatoms. The third kappa shape index (κ3) is 2.93. The van der Waals surface area contributed by atoms with Gasteiger partial charge in [0.1, 0.15) is 6.61 Å². The summed E-state index contributed by atoms with van der Waals surface area (Å²) in [6.45, 7) is 3.02. The standard InChI is InChI=1S/C16H19BrO2S/c1-2-18-19-10-11-7-8-13-14(9-11)20-16(17)15(13)12-5-3-4-6-12/h7-9,12H,2-6,10H2,1H3. The third-order valence-electron chi connectivity index (χ3n) is 3.94. The lowest BCUT2D eigenvalue weighted by molar-refractivity contribution is -0.300. The SMILES string of the molecule is CCOOCc1ccc2c(C3CCCC3)c(Br)sc2c1. The summed E-state index contributed by atoms with van der Waals surface area (Å²) in [6.07, 6.45) is 5.41. The van der Waals surface area contributed by atoms with Crippen LogP contribution >= 0.6 is 27.3 Å². The van der Waals surface area contributed by atoms with E-state index in [1.165, 1.54) is 45.1 Å². The van der Waals surface area contributed by atoms with E-state index in [2.05, 4.69) is 34.1 Å². The predicted molar refractivity (Wildman–Crippen MR) is 87.1 cm³/mol. The molecule has 1 aliphatic rings. The molecule has 0 N–H and O–H groups in total. The Balaban J connectivity index is 1.88. The highest BCUT2D eigenvalue weighted by Gasteiger charge is 2.23. The Bertz CT molecular complexity index is 587. The molecule has 0 unspecified atom stereocenters. The first-order chi connectivity index (χ1) is 9.79. The van der Waals surface area contributed by atoms with Crippen LogP contribution in [0.25, 0.3) is 10.1 Å². The van der Waals surface area contributed by atoms with Crippen molar-refractivity contribution in [3.8, 4) is 0 Å². The van der Waals surface area contributed by atoms with E-state index in [0.29, 0.717) is 13.2 Å². The Morgan fingerprint density at radius 2 is 2.05 bits per heavy atom. The Kier molecular flexibility index (Phi) is 4.76. The molecule has 1 saturated carbocycles. The smallest absolute Gasteiger partial charge is 0.107 e. The van der Waals surface area contributed by atoms with Crippen molar-refractivity contribution >= 4 is 37.4 Å². The fourth-order valence-electron chi connectivity index (χ4n) is 3.01. The van der Waals surface area contributed by atoms with Crippen molar-refractivity contribution in [1.82, 2.24) is 0 Å². The van der Waals surface area contributed by atoms with E-state index >= 15 is 0 Å². The van der Waals surface area contributed by atoms with Gasteiger partial charge in [-0.25, -0.2) is 9.78 Å². The minimum absolute atomic E-state index is 0.512. The van der Waals surface area contributed by atoms with E-state index in [4.69, 9.17) is 9.78 Å². The molecule has 1 aliphatic carbocycles. The molecule has 1 aromatic heterocycles. The second kappa shape index (κ2) is 6.56. The summed E-state index contributed by atoms with van der Waals surface area (Å²) < 4.78 is 2.65. The lowest BCUT2D eigenvalue weighted by atomic mass is 9.97. The number of hydrogen-bond donors (Lipinski definition) is 0. The van der Waals surface area contributed by atoms with Gasteiger partial charge in [-0.2, -0.15) is 0 Å². The van der Waals surface area contributed by atoms with Crippen LogP contribution in [-0.4, -0.2) is 6.61 Å². The van der Waals surface area contributed by atoms with Crippen molar-refractivity contribution in [2.24, 2.45) is 0 Å². The van der Waals surface area contributed by atoms with Gasteiger partial charge in [-0.15, -0.1) is 11.3 Å². The molecule has 1 aromatic carbocycles. The number of hydrogen-bond acceptors (Lipinski definition) is 3. The van der Waals surface area contributed by atoms with E-state index in [1.54, 1.807) is 0 Å². The number of benzene rings is 1. The monoisotopic (exact) mass is 354 g/mol. The quantitative estimate of drug-likeness (QED) is 0.384. The molecule has 0 atom stereocenters. The Labute approximate surface area is 132 Å². The second-order valence-electron chi connectivity index (χ2n) is 5.27. The zero-order valence-corrected chi connectivity index (χ0v) is 14.1. The van der Waals surface area contributed by atoms with Crippen LogP contribution in [-0.2, 0) is 16.4 Å². The topological polar surface area (TPSA) is 18.5 Å². The molecule has 0 spiro atoms. The molecule has 1 fully saturated rings. The average molecular weight is 355 g/mol. The predicted octanol–water partition coefficient (Wildman–Crippen LogP) is 5.79. The van der Waals surface area contributed by atoms with E-state index in [9.17, 15) is 0 Å². The largest absolute Gasteiger partial charge is 0.237 e. The summed E-state index contributed by atoms with van der Waals surface area (Å²) in [7, 11) is 0. The average Bonchev–Trinajstić information content (AvgIpc) is 3.04. The van der Waals surface area contributed by atoms with Gasteiger partial charge in [0.15, 0.2) is 0 Å². The van der Waals surface area contributed by atoms with E-state index < -0.39 is 0 Å². The van der Waals surface area contributed by atoms with Crippen molar-refractivity contribution in [2.45, 2.75) is 45.1 Å². The third-order valence-corrected chi connectivity index (χ3v) is 5.81. The van der Waals surface area contributed by atoms with Gasteiger partial charge < -0.3 is 0 Å². The van der Waals surface area contributed by atoms with Crippen molar-refractivity contribution in [3.05, 3.63) is 33.1 Å². The maximum absolute atomic E-state index is 5.15. The summed E-state index contributed by atoms with van der Waals surface area (Å²) in [5.74, 6) is 0.739. The molecule has 0 radical (unpaired) electrons. The van der Waals surface area contributed by atoms with Gasteiger partial charge in [0.25, 0.3) is 0 Å². The fourth-order valence-corrected chi connectivity index (χ4v) is 5.15. The van der Waals surface area contributed by atoms with Crippen LogP contribution in [0.2, 0.25) is 0 Å². The summed E-state index contributed by atoms with van der Waals surface area (Å²) in [5, 5.41) is 1.41. The van der Waals surface area contributed by atoms with Crippen molar-refractivity contribution in [2.75, 3.05) is 6.61 Å². The Morgan fingerprint density at radius 3 is 2.80 bits per heavy atom. The minimum atomic E-state index is 0.512. The highest BCUT2D eigenvalue weighted by atomic mass is 79.9. The van der Waals surface area contributed by atoms with Crippen LogP contribution in [0.15, 0.2) is 22.0 Å². The zero-order valence-electron chi connectivity index (χ0n) is 11.7. The molecule has 20 heavy (non-hydrogen) atoms. The molecule has 3 rings (SSSR count). The number of thiophene rings is 1. The van der Waals surface area contributed by atoms with Crippen LogP contribution in [0.3, 0.4) is 0 Å². The molecular weight excluding hydrogens is 336 g/mol. The summed E-state index contributed by atoms with van der Waals surface area (Å²) >= 11 is 5.61. The lowest BCUT2D eigenvalue weighted by Gasteiger charge is -2.09. The van der Waals surface area contributed by atoms with Gasteiger partial charge in [0.2, 0.25) is 0 Å². The van der Waals surface area contributed by atoms with Crippen LogP contribution < -0.4 is 0 Å². The summed E-state index contributed by atoms with van der Waals surface area (Å²) in [4.78, 5) is 10.1. The van der Waals surface area contributed by atoms with Crippen LogP contribution in [0.1, 0.15) is 49.7 Å². The molecular formula is C16H19BrO2S. The van der Waals surface area contributed by atoms with E-state index in [-0.39, 0.29) is 0 Å². The Morgan fingerprint density at radius 1 is 1.25 bits per heavy atom. The number of fused-ring (bicyclic) bond motifs is 1. The van der Waals surface area contributed by atoms with Crippen LogP contribution in [0.5, 0.6) is 0 Å². The van der Waals surface area contributed by atoms with Gasteiger partial charge in [-0.1, -0.05) is 25.0 Å². The zero-order chi connectivity index (χ0) is 13.9. The first-order valence-electron chi connectivity index (χ1n) is 7.25. The van der Waals surface area contributed by atoms with Crippen molar-refractivity contribution < 1.29 is 9.78 Å². The van der Waals surface area contributed by atoms with E-state index in [0.717, 1.165) is 11.5 Å². The van der Waals surface area contributed by atoms with Gasteiger partial charge >= 0.3 is 0 Å². The summed E-state index contributed by atoms with van der Waals surface area (Å²) in [6, 6.07) is 6.62. The first kappa shape index (κ1) is 14.5. The molecule has 0 bridgehead atoms. The number of halogens is 1. The number of rotatable bonds is 5. The van der Waals surface area contributed by atoms with Crippen LogP contribution in [0.4, 0.5) is 0 Å². The Hall–Kier alpha value is -0.420. The van der Waals surface area contributed by atoms with E-state index in [1.807, 2.05) is 18.3 Å². The minimum Gasteiger partial charge on any atom is -0.237 e. The lowest BCUT2D eigenvalue weighted by Crippen LogP contribution is -1.95. The molecule has 2 nitrogen and oxygen atoms in total. The molecule has 1 heterocycles. The highest BCUT2D eigenvalue weighted by molar-refractivity contribution is 9.11. The molecule has 0 amide bonds. The summed E-state index contributed by atoms with van der Waals surface area (Å²) in [5.41, 5.74) is 2.69. The maximum atomic E-state index is 5.15. The maximum Gasteiger partial charge on any atom is 0.107 e. The highest BCUT2D eigenvalue weighted by Crippen LogP contribution is 2.45.